The number of fused-ring (bicyclic) bond motifs is 1. The third-order valence-corrected chi connectivity index (χ3v) is 2.83. The molecular weight excluding hydrogens is 259 g/mol. The Balaban J connectivity index is 2.67. The van der Waals surface area contributed by atoms with E-state index in [0.29, 0.717) is 0 Å². The molecule has 0 bridgehead atoms. The van der Waals surface area contributed by atoms with Gasteiger partial charge in [-0.25, -0.2) is 0 Å². The first-order valence-electron chi connectivity index (χ1n) is 5.68. The van der Waals surface area contributed by atoms with Crippen LogP contribution in [0.5, 0.6) is 0 Å². The second-order valence-corrected chi connectivity index (χ2v) is 4.11. The SMILES string of the molecule is NCCC(n1ncc(=O)c2ccccc21)C(F)(F)F. The number of alkyl halides is 3. The summed E-state index contributed by atoms with van der Waals surface area (Å²) in [6, 6.07) is 4.25. The molecule has 2 N–H and O–H groups in total. The highest BCUT2D eigenvalue weighted by Crippen LogP contribution is 2.33. The number of hydrogen-bond donors (Lipinski definition) is 1. The van der Waals surface area contributed by atoms with Gasteiger partial charge in [-0.05, 0) is 25.1 Å². The van der Waals surface area contributed by atoms with Crippen molar-refractivity contribution in [2.24, 2.45) is 5.73 Å². The van der Waals surface area contributed by atoms with Crippen molar-refractivity contribution in [3.05, 3.63) is 40.7 Å². The molecule has 0 aliphatic carbocycles. The van der Waals surface area contributed by atoms with E-state index >= 15 is 0 Å². The Hall–Kier alpha value is -1.89. The minimum absolute atomic E-state index is 0.119. The molecule has 0 aliphatic heterocycles. The van der Waals surface area contributed by atoms with Crippen molar-refractivity contribution in [3.8, 4) is 0 Å². The maximum atomic E-state index is 13.0. The zero-order valence-corrected chi connectivity index (χ0v) is 9.89. The van der Waals surface area contributed by atoms with Crippen molar-refractivity contribution in [2.75, 3.05) is 6.54 Å². The van der Waals surface area contributed by atoms with E-state index < -0.39 is 17.6 Å². The minimum atomic E-state index is -4.47. The highest BCUT2D eigenvalue weighted by molar-refractivity contribution is 5.78. The van der Waals surface area contributed by atoms with Gasteiger partial charge in [-0.2, -0.15) is 18.3 Å². The van der Waals surface area contributed by atoms with Crippen LogP contribution in [0, 0.1) is 0 Å². The molecule has 0 aliphatic rings. The van der Waals surface area contributed by atoms with Crippen molar-refractivity contribution in [1.82, 2.24) is 9.78 Å². The molecule has 1 heterocycles. The second-order valence-electron chi connectivity index (χ2n) is 4.11. The molecule has 102 valence electrons. The number of rotatable bonds is 3. The van der Waals surface area contributed by atoms with E-state index in [9.17, 15) is 18.0 Å². The Morgan fingerprint density at radius 1 is 1.32 bits per heavy atom. The Bertz CT molecular complexity index is 636. The normalized spacial score (nSPS) is 13.7. The van der Waals surface area contributed by atoms with Crippen molar-refractivity contribution >= 4 is 10.9 Å². The fourth-order valence-electron chi connectivity index (χ4n) is 1.96. The lowest BCUT2D eigenvalue weighted by Gasteiger charge is -2.23. The summed E-state index contributed by atoms with van der Waals surface area (Å²) in [5.74, 6) is 0. The average Bonchev–Trinajstić information content (AvgIpc) is 2.36. The summed E-state index contributed by atoms with van der Waals surface area (Å²) in [5.41, 5.74) is 4.99. The third kappa shape index (κ3) is 2.60. The fraction of sp³-hybridized carbons (Fsp3) is 0.333. The first-order valence-corrected chi connectivity index (χ1v) is 5.68. The van der Waals surface area contributed by atoms with Crippen LogP contribution < -0.4 is 11.2 Å². The van der Waals surface area contributed by atoms with Gasteiger partial charge in [-0.1, -0.05) is 12.1 Å². The van der Waals surface area contributed by atoms with E-state index in [1.54, 1.807) is 12.1 Å². The van der Waals surface area contributed by atoms with E-state index in [2.05, 4.69) is 5.10 Å². The maximum Gasteiger partial charge on any atom is 0.410 e. The summed E-state index contributed by atoms with van der Waals surface area (Å²) < 4.78 is 39.9. The molecule has 0 saturated heterocycles. The van der Waals surface area contributed by atoms with Gasteiger partial charge in [-0.15, -0.1) is 0 Å². The van der Waals surface area contributed by atoms with Gasteiger partial charge in [0, 0.05) is 5.39 Å². The summed E-state index contributed by atoms with van der Waals surface area (Å²) in [4.78, 5) is 11.6. The van der Waals surface area contributed by atoms with Crippen LogP contribution in [-0.4, -0.2) is 22.5 Å². The molecule has 0 fully saturated rings. The van der Waals surface area contributed by atoms with Crippen LogP contribution in [0.15, 0.2) is 35.3 Å². The number of nitrogens with zero attached hydrogens (tertiary/aromatic N) is 2. The van der Waals surface area contributed by atoms with Crippen LogP contribution in [-0.2, 0) is 0 Å². The number of benzene rings is 1. The van der Waals surface area contributed by atoms with Crippen LogP contribution in [0.25, 0.3) is 10.9 Å². The Kier molecular flexibility index (Phi) is 3.57. The summed E-state index contributed by atoms with van der Waals surface area (Å²) in [6.45, 7) is -0.119. The minimum Gasteiger partial charge on any atom is -0.330 e. The summed E-state index contributed by atoms with van der Waals surface area (Å²) in [6.07, 6.45) is -3.86. The predicted octanol–water partition coefficient (Wildman–Crippen LogP) is 1.85. The zero-order chi connectivity index (χ0) is 14.0. The molecule has 0 radical (unpaired) electrons. The van der Waals surface area contributed by atoms with Gasteiger partial charge in [0.1, 0.15) is 6.04 Å². The number of hydrogen-bond acceptors (Lipinski definition) is 3. The van der Waals surface area contributed by atoms with Crippen LogP contribution in [0.2, 0.25) is 0 Å². The number of nitrogens with two attached hydrogens (primary N) is 1. The van der Waals surface area contributed by atoms with Gasteiger partial charge in [0.15, 0.2) is 0 Å². The van der Waals surface area contributed by atoms with Gasteiger partial charge in [-0.3, -0.25) is 9.48 Å². The number of para-hydroxylation sites is 1. The molecule has 2 rings (SSSR count). The second kappa shape index (κ2) is 5.00. The van der Waals surface area contributed by atoms with Gasteiger partial charge < -0.3 is 5.73 Å². The summed E-state index contributed by atoms with van der Waals surface area (Å²) in [7, 11) is 0. The molecule has 1 atom stereocenters. The van der Waals surface area contributed by atoms with E-state index in [4.69, 9.17) is 5.73 Å². The zero-order valence-electron chi connectivity index (χ0n) is 9.89. The Morgan fingerprint density at radius 3 is 2.63 bits per heavy atom. The average molecular weight is 271 g/mol. The highest BCUT2D eigenvalue weighted by atomic mass is 19.4. The van der Waals surface area contributed by atoms with Crippen LogP contribution in [0.4, 0.5) is 13.2 Å². The van der Waals surface area contributed by atoms with Crippen LogP contribution in [0.1, 0.15) is 12.5 Å². The lowest BCUT2D eigenvalue weighted by Crippen LogP contribution is -2.31. The van der Waals surface area contributed by atoms with Gasteiger partial charge >= 0.3 is 6.18 Å². The standard InChI is InChI=1S/C12H12F3N3O/c13-12(14,15)11(5-6-16)18-9-4-2-1-3-8(9)10(19)7-17-18/h1-4,7,11H,5-6,16H2. The molecular formula is C12H12F3N3O. The monoisotopic (exact) mass is 271 g/mol. The topological polar surface area (TPSA) is 60.9 Å². The Morgan fingerprint density at radius 2 is 2.00 bits per heavy atom. The van der Waals surface area contributed by atoms with Gasteiger partial charge in [0.2, 0.25) is 5.43 Å². The first kappa shape index (κ1) is 13.5. The van der Waals surface area contributed by atoms with Gasteiger partial charge in [0.05, 0.1) is 11.7 Å². The van der Waals surface area contributed by atoms with E-state index in [0.717, 1.165) is 10.9 Å². The molecule has 1 aromatic heterocycles. The molecule has 1 aromatic carbocycles. The number of aromatic nitrogens is 2. The molecule has 1 unspecified atom stereocenters. The largest absolute Gasteiger partial charge is 0.410 e. The van der Waals surface area contributed by atoms with E-state index in [1.165, 1.54) is 12.1 Å². The molecule has 7 heteroatoms. The van der Waals surface area contributed by atoms with Crippen molar-refractivity contribution in [2.45, 2.75) is 18.6 Å². The van der Waals surface area contributed by atoms with E-state index in [1.807, 2.05) is 0 Å². The quantitative estimate of drug-likeness (QED) is 0.926. The molecule has 0 saturated carbocycles. The fourth-order valence-corrected chi connectivity index (χ4v) is 1.96. The highest BCUT2D eigenvalue weighted by Gasteiger charge is 2.41. The maximum absolute atomic E-state index is 13.0. The Labute approximate surface area is 106 Å². The molecule has 19 heavy (non-hydrogen) atoms. The van der Waals surface area contributed by atoms with Crippen molar-refractivity contribution in [1.29, 1.82) is 0 Å². The molecule has 0 spiro atoms. The molecule has 0 amide bonds. The van der Waals surface area contributed by atoms with E-state index in [-0.39, 0.29) is 23.9 Å². The van der Waals surface area contributed by atoms with Crippen LogP contribution >= 0.6 is 0 Å². The molecule has 4 nitrogen and oxygen atoms in total. The first-order chi connectivity index (χ1) is 8.95. The third-order valence-electron chi connectivity index (χ3n) is 2.83. The van der Waals surface area contributed by atoms with Crippen molar-refractivity contribution in [3.63, 3.8) is 0 Å². The van der Waals surface area contributed by atoms with Gasteiger partial charge in [0.25, 0.3) is 0 Å². The molecule has 2 aromatic rings. The lowest BCUT2D eigenvalue weighted by atomic mass is 10.1. The predicted molar refractivity (Wildman–Crippen MR) is 64.8 cm³/mol. The van der Waals surface area contributed by atoms with Crippen LogP contribution in [0.3, 0.4) is 0 Å². The number of halogens is 3. The lowest BCUT2D eigenvalue weighted by molar-refractivity contribution is -0.170. The smallest absolute Gasteiger partial charge is 0.330 e. The summed E-state index contributed by atoms with van der Waals surface area (Å²) >= 11 is 0. The summed E-state index contributed by atoms with van der Waals surface area (Å²) in [5, 5.41) is 3.83. The van der Waals surface area contributed by atoms with Crippen molar-refractivity contribution < 1.29 is 13.2 Å².